The summed E-state index contributed by atoms with van der Waals surface area (Å²) < 4.78 is 26.4. The molecule has 1 fully saturated rings. The van der Waals surface area contributed by atoms with Crippen LogP contribution in [0.3, 0.4) is 0 Å². The van der Waals surface area contributed by atoms with Gasteiger partial charge in [0.2, 0.25) is 0 Å². The van der Waals surface area contributed by atoms with Gasteiger partial charge in [0.15, 0.2) is 17.1 Å². The number of nitrogens with one attached hydrogen (secondary N) is 1. The molecule has 0 aliphatic heterocycles. The van der Waals surface area contributed by atoms with Crippen LogP contribution in [0, 0.1) is 17.0 Å². The number of pyridine rings is 2. The number of amides is 1. The molecule has 0 unspecified atom stereocenters. The highest BCUT2D eigenvalue weighted by molar-refractivity contribution is 6.31. The molecular weight excluding hydrogens is 424 g/mol. The van der Waals surface area contributed by atoms with Crippen molar-refractivity contribution in [1.29, 1.82) is 0 Å². The molecule has 31 heavy (non-hydrogen) atoms. The van der Waals surface area contributed by atoms with Gasteiger partial charge in [-0.2, -0.15) is 0 Å². The lowest BCUT2D eigenvalue weighted by Gasteiger charge is -2.34. The van der Waals surface area contributed by atoms with Crippen LogP contribution >= 0.6 is 11.6 Å². The average molecular weight is 448 g/mol. The van der Waals surface area contributed by atoms with E-state index in [1.54, 1.807) is 12.1 Å². The Hall–Kier alpha value is -2.80. The zero-order valence-corrected chi connectivity index (χ0v) is 18.1. The van der Waals surface area contributed by atoms with E-state index < -0.39 is 17.5 Å². The fourth-order valence-electron chi connectivity index (χ4n) is 3.88. The molecule has 2 aromatic heterocycles. The molecule has 0 bridgehead atoms. The summed E-state index contributed by atoms with van der Waals surface area (Å²) in [5.41, 5.74) is 6.52. The molecule has 1 aliphatic carbocycles. The van der Waals surface area contributed by atoms with Crippen molar-refractivity contribution in [3.8, 4) is 0 Å². The Morgan fingerprint density at radius 3 is 2.52 bits per heavy atom. The molecule has 164 valence electrons. The quantitative estimate of drug-likeness (QED) is 0.521. The number of primary amides is 1. The van der Waals surface area contributed by atoms with Gasteiger partial charge in [-0.3, -0.25) is 14.6 Å². The highest BCUT2D eigenvalue weighted by Crippen LogP contribution is 2.44. The maximum Gasteiger partial charge on any atom is 0.268 e. The number of aromatic nitrogens is 2. The Labute approximate surface area is 183 Å². The molecule has 0 atom stereocenters. The third-order valence-corrected chi connectivity index (χ3v) is 6.13. The maximum absolute atomic E-state index is 13.4. The highest BCUT2D eigenvalue weighted by Gasteiger charge is 2.29. The Bertz CT molecular complexity index is 1160. The third kappa shape index (κ3) is 5.10. The van der Waals surface area contributed by atoms with Crippen LogP contribution in [0.1, 0.15) is 61.5 Å². The third-order valence-electron chi connectivity index (χ3n) is 5.75. The van der Waals surface area contributed by atoms with E-state index in [1.807, 2.05) is 0 Å². The van der Waals surface area contributed by atoms with Crippen LogP contribution in [0.25, 0.3) is 10.9 Å². The summed E-state index contributed by atoms with van der Waals surface area (Å²) in [5.74, 6) is -2.21. The topological polar surface area (TPSA) is 88.8 Å². The molecule has 0 spiro atoms. The van der Waals surface area contributed by atoms with Gasteiger partial charge < -0.3 is 10.7 Å². The lowest BCUT2D eigenvalue weighted by molar-refractivity contribution is 0.0997. The van der Waals surface area contributed by atoms with Gasteiger partial charge in [0, 0.05) is 18.5 Å². The van der Waals surface area contributed by atoms with Crippen LogP contribution in [0.15, 0.2) is 41.5 Å². The average Bonchev–Trinajstić information content (AvgIpc) is 2.73. The monoisotopic (exact) mass is 447 g/mol. The number of H-pyrrole nitrogens is 1. The summed E-state index contributed by atoms with van der Waals surface area (Å²) >= 11 is 5.89. The van der Waals surface area contributed by atoms with E-state index in [2.05, 4.69) is 23.8 Å². The summed E-state index contributed by atoms with van der Waals surface area (Å²) in [5, 5.41) is 0.206. The zero-order chi connectivity index (χ0) is 22.8. The highest BCUT2D eigenvalue weighted by atomic mass is 35.5. The molecule has 1 aromatic carbocycles. The van der Waals surface area contributed by atoms with Crippen LogP contribution in [-0.4, -0.2) is 15.9 Å². The van der Waals surface area contributed by atoms with Crippen molar-refractivity contribution in [2.45, 2.75) is 45.4 Å². The molecule has 1 amide bonds. The van der Waals surface area contributed by atoms with Crippen molar-refractivity contribution < 1.29 is 13.6 Å². The van der Waals surface area contributed by atoms with E-state index >= 15 is 0 Å². The number of aromatic amines is 1. The second kappa shape index (κ2) is 9.14. The summed E-state index contributed by atoms with van der Waals surface area (Å²) in [6, 6.07) is 5.75. The van der Waals surface area contributed by atoms with Crippen LogP contribution in [0.5, 0.6) is 0 Å². The first-order chi connectivity index (χ1) is 14.6. The molecule has 1 aliphatic rings. The van der Waals surface area contributed by atoms with E-state index in [9.17, 15) is 18.4 Å². The fourth-order valence-corrected chi connectivity index (χ4v) is 4.18. The van der Waals surface area contributed by atoms with Gasteiger partial charge in [-0.25, -0.2) is 8.78 Å². The number of hydrogen-bond acceptors (Lipinski definition) is 3. The minimum Gasteiger partial charge on any atom is -0.364 e. The number of carbonyl (C=O) groups excluding carboxylic acids is 1. The van der Waals surface area contributed by atoms with Crippen molar-refractivity contribution >= 4 is 28.4 Å². The minimum absolute atomic E-state index is 0.00403. The predicted octanol–water partition coefficient (Wildman–Crippen LogP) is 5.32. The molecule has 1 saturated carbocycles. The Balaban J connectivity index is 0.000000179. The van der Waals surface area contributed by atoms with Gasteiger partial charge in [0.1, 0.15) is 5.69 Å². The lowest BCUT2D eigenvalue weighted by Crippen LogP contribution is -2.20. The second-order valence-electron chi connectivity index (χ2n) is 8.49. The first-order valence-corrected chi connectivity index (χ1v) is 10.4. The van der Waals surface area contributed by atoms with Crippen LogP contribution in [0.4, 0.5) is 8.78 Å². The van der Waals surface area contributed by atoms with E-state index in [0.717, 1.165) is 31.2 Å². The standard InChI is InChI=1S/C14H17ClF2.C9H7N3O2/c1-14(2)7-5-9(6-8-14)10-3-4-11(16)13(17)12(10)15;10-9(14)8-7-5(1-3-12-8)11-4-2-6(7)13/h3-4,9H,5-8H2,1-2H3;1-4H,(H2,10,14)(H,11,13). The molecule has 2 heterocycles. The van der Waals surface area contributed by atoms with E-state index in [0.29, 0.717) is 10.9 Å². The van der Waals surface area contributed by atoms with E-state index in [4.69, 9.17) is 17.3 Å². The minimum atomic E-state index is -0.908. The number of carbonyl (C=O) groups is 1. The first kappa shape index (κ1) is 22.9. The molecule has 3 N–H and O–H groups in total. The molecule has 3 aromatic rings. The number of nitrogens with zero attached hydrogens (tertiary/aromatic N) is 1. The maximum atomic E-state index is 13.4. The molecule has 0 saturated heterocycles. The zero-order valence-electron chi connectivity index (χ0n) is 17.3. The summed E-state index contributed by atoms with van der Waals surface area (Å²) in [4.78, 5) is 29.0. The lowest BCUT2D eigenvalue weighted by atomic mass is 9.71. The fraction of sp³-hybridized carbons (Fsp3) is 0.348. The Kier molecular flexibility index (Phi) is 6.74. The van der Waals surface area contributed by atoms with Gasteiger partial charge in [0.25, 0.3) is 5.91 Å². The largest absolute Gasteiger partial charge is 0.364 e. The van der Waals surface area contributed by atoms with Crippen LogP contribution in [0.2, 0.25) is 5.02 Å². The molecule has 4 rings (SSSR count). The molecule has 8 heteroatoms. The number of benzene rings is 1. The smallest absolute Gasteiger partial charge is 0.268 e. The number of fused-ring (bicyclic) bond motifs is 1. The first-order valence-electron chi connectivity index (χ1n) is 10.0. The molecule has 5 nitrogen and oxygen atoms in total. The summed E-state index contributed by atoms with van der Waals surface area (Å²) in [7, 11) is 0. The van der Waals surface area contributed by atoms with Gasteiger partial charge in [0.05, 0.1) is 15.9 Å². The van der Waals surface area contributed by atoms with Crippen molar-refractivity contribution in [3.05, 3.63) is 74.8 Å². The predicted molar refractivity (Wildman–Crippen MR) is 117 cm³/mol. The number of hydrogen-bond donors (Lipinski definition) is 2. The van der Waals surface area contributed by atoms with Gasteiger partial charge >= 0.3 is 0 Å². The number of rotatable bonds is 2. The van der Waals surface area contributed by atoms with Gasteiger partial charge in [-0.1, -0.05) is 31.5 Å². The van der Waals surface area contributed by atoms with E-state index in [-0.39, 0.29) is 27.4 Å². The Morgan fingerprint density at radius 2 is 1.87 bits per heavy atom. The van der Waals surface area contributed by atoms with Gasteiger partial charge in [-0.05, 0) is 54.7 Å². The molecular formula is C23H24ClF2N3O2. The second-order valence-corrected chi connectivity index (χ2v) is 8.87. The summed E-state index contributed by atoms with van der Waals surface area (Å²) in [6.07, 6.45) is 7.14. The normalized spacial score (nSPS) is 15.9. The van der Waals surface area contributed by atoms with Crippen LogP contribution in [-0.2, 0) is 0 Å². The SMILES string of the molecule is CC1(C)CCC(c2ccc(F)c(F)c2Cl)CC1.NC(=O)c1nccc2[nH]ccc(=O)c12. The van der Waals surface area contributed by atoms with Crippen LogP contribution < -0.4 is 11.2 Å². The van der Waals surface area contributed by atoms with Crippen molar-refractivity contribution in [1.82, 2.24) is 9.97 Å². The van der Waals surface area contributed by atoms with Crippen molar-refractivity contribution in [3.63, 3.8) is 0 Å². The summed E-state index contributed by atoms with van der Waals surface area (Å²) in [6.45, 7) is 4.49. The number of nitrogens with two attached hydrogens (primary N) is 1. The van der Waals surface area contributed by atoms with Crippen molar-refractivity contribution in [2.24, 2.45) is 11.1 Å². The van der Waals surface area contributed by atoms with E-state index in [1.165, 1.54) is 24.5 Å². The van der Waals surface area contributed by atoms with Gasteiger partial charge in [-0.15, -0.1) is 0 Å². The molecule has 0 radical (unpaired) electrons. The number of halogens is 3. The Morgan fingerprint density at radius 1 is 1.19 bits per heavy atom. The van der Waals surface area contributed by atoms with Crippen molar-refractivity contribution in [2.75, 3.05) is 0 Å².